The molecule has 0 N–H and O–H groups in total. The van der Waals surface area contributed by atoms with Gasteiger partial charge >= 0.3 is 0 Å². The van der Waals surface area contributed by atoms with Crippen molar-refractivity contribution >= 4 is 17.8 Å². The van der Waals surface area contributed by atoms with Crippen LogP contribution in [0.2, 0.25) is 0 Å². The second-order valence-electron chi connectivity index (χ2n) is 6.29. The van der Waals surface area contributed by atoms with Crippen molar-refractivity contribution in [2.75, 3.05) is 37.7 Å². The van der Waals surface area contributed by atoms with Gasteiger partial charge in [0.15, 0.2) is 0 Å². The minimum absolute atomic E-state index is 0.0258. The smallest absolute Gasteiger partial charge is 0.253 e. The predicted octanol–water partition coefficient (Wildman–Crippen LogP) is 2.08. The van der Waals surface area contributed by atoms with Gasteiger partial charge in [0.2, 0.25) is 0 Å². The number of anilines is 1. The molecule has 0 saturated carbocycles. The first kappa shape index (κ1) is 16.2. The van der Waals surface area contributed by atoms with E-state index >= 15 is 0 Å². The SMILES string of the molecule is N#Cc1ccnc(N2CCN(C(=O)C3=Cc4ccccc4OC3)CC2)c1. The van der Waals surface area contributed by atoms with Crippen LogP contribution in [0.1, 0.15) is 11.1 Å². The summed E-state index contributed by atoms with van der Waals surface area (Å²) in [5.41, 5.74) is 2.22. The van der Waals surface area contributed by atoms with Crippen molar-refractivity contribution in [3.8, 4) is 11.8 Å². The van der Waals surface area contributed by atoms with Crippen LogP contribution < -0.4 is 9.64 Å². The third-order valence-corrected chi connectivity index (χ3v) is 4.67. The summed E-state index contributed by atoms with van der Waals surface area (Å²) in [5, 5.41) is 9.02. The molecule has 1 aromatic heterocycles. The van der Waals surface area contributed by atoms with Gasteiger partial charge in [-0.1, -0.05) is 18.2 Å². The largest absolute Gasteiger partial charge is 0.488 e. The van der Waals surface area contributed by atoms with Crippen LogP contribution >= 0.6 is 0 Å². The van der Waals surface area contributed by atoms with E-state index in [4.69, 9.17) is 10.00 Å². The van der Waals surface area contributed by atoms with Gasteiger partial charge in [0.05, 0.1) is 17.2 Å². The molecule has 2 aromatic rings. The molecule has 130 valence electrons. The average molecular weight is 346 g/mol. The number of hydrogen-bond donors (Lipinski definition) is 0. The number of fused-ring (bicyclic) bond motifs is 1. The monoisotopic (exact) mass is 346 g/mol. The first-order chi connectivity index (χ1) is 12.7. The summed E-state index contributed by atoms with van der Waals surface area (Å²) < 4.78 is 5.70. The molecule has 0 unspecified atom stereocenters. The van der Waals surface area contributed by atoms with Crippen LogP contribution in [-0.4, -0.2) is 48.6 Å². The molecule has 3 heterocycles. The predicted molar refractivity (Wildman–Crippen MR) is 97.7 cm³/mol. The van der Waals surface area contributed by atoms with Gasteiger partial charge in [-0.25, -0.2) is 4.98 Å². The quantitative estimate of drug-likeness (QED) is 0.833. The number of nitriles is 1. The molecule has 1 saturated heterocycles. The Bertz CT molecular complexity index is 908. The van der Waals surface area contributed by atoms with E-state index in [-0.39, 0.29) is 5.91 Å². The third kappa shape index (κ3) is 3.11. The highest BCUT2D eigenvalue weighted by Gasteiger charge is 2.26. The van der Waals surface area contributed by atoms with Crippen molar-refractivity contribution in [1.82, 2.24) is 9.88 Å². The van der Waals surface area contributed by atoms with E-state index in [1.165, 1.54) is 0 Å². The Balaban J connectivity index is 1.43. The summed E-state index contributed by atoms with van der Waals surface area (Å²) in [7, 11) is 0. The molecule has 6 heteroatoms. The second kappa shape index (κ2) is 6.89. The number of rotatable bonds is 2. The van der Waals surface area contributed by atoms with Crippen molar-refractivity contribution < 1.29 is 9.53 Å². The van der Waals surface area contributed by atoms with Crippen LogP contribution in [0.4, 0.5) is 5.82 Å². The minimum atomic E-state index is 0.0258. The first-order valence-electron chi connectivity index (χ1n) is 8.57. The van der Waals surface area contributed by atoms with Crippen molar-refractivity contribution in [2.24, 2.45) is 0 Å². The lowest BCUT2D eigenvalue weighted by atomic mass is 10.1. The number of para-hydroxylation sites is 1. The van der Waals surface area contributed by atoms with Crippen molar-refractivity contribution in [1.29, 1.82) is 5.26 Å². The molecule has 26 heavy (non-hydrogen) atoms. The van der Waals surface area contributed by atoms with E-state index < -0.39 is 0 Å². The zero-order valence-corrected chi connectivity index (χ0v) is 14.3. The number of hydrogen-bond acceptors (Lipinski definition) is 5. The highest BCUT2D eigenvalue weighted by Crippen LogP contribution is 2.26. The molecule has 6 nitrogen and oxygen atoms in total. The number of aromatic nitrogens is 1. The summed E-state index contributed by atoms with van der Waals surface area (Å²) >= 11 is 0. The number of carbonyl (C=O) groups is 1. The van der Waals surface area contributed by atoms with Gasteiger partial charge in [0.25, 0.3) is 5.91 Å². The van der Waals surface area contributed by atoms with E-state index in [9.17, 15) is 4.79 Å². The Kier molecular flexibility index (Phi) is 4.28. The summed E-state index contributed by atoms with van der Waals surface area (Å²) in [6.07, 6.45) is 3.57. The highest BCUT2D eigenvalue weighted by atomic mass is 16.5. The maximum Gasteiger partial charge on any atom is 0.253 e. The molecular weight excluding hydrogens is 328 g/mol. The summed E-state index contributed by atoms with van der Waals surface area (Å²) in [5.74, 6) is 1.63. The Hall–Kier alpha value is -3.33. The van der Waals surface area contributed by atoms with Crippen molar-refractivity contribution in [3.05, 3.63) is 59.3 Å². The molecule has 1 aromatic carbocycles. The minimum Gasteiger partial charge on any atom is -0.488 e. The maximum atomic E-state index is 12.8. The number of ether oxygens (including phenoxy) is 1. The molecule has 0 radical (unpaired) electrons. The lowest BCUT2D eigenvalue weighted by Gasteiger charge is -2.36. The molecule has 1 fully saturated rings. The normalized spacial score (nSPS) is 16.2. The van der Waals surface area contributed by atoms with Crippen LogP contribution in [0.15, 0.2) is 48.2 Å². The number of carbonyl (C=O) groups excluding carboxylic acids is 1. The fourth-order valence-electron chi connectivity index (χ4n) is 3.24. The molecule has 4 rings (SSSR count). The Morgan fingerprint density at radius 2 is 1.96 bits per heavy atom. The zero-order valence-electron chi connectivity index (χ0n) is 14.3. The van der Waals surface area contributed by atoms with E-state index in [0.29, 0.717) is 43.9 Å². The van der Waals surface area contributed by atoms with E-state index in [1.54, 1.807) is 18.3 Å². The molecule has 0 spiro atoms. The fraction of sp³-hybridized carbons (Fsp3) is 0.250. The van der Waals surface area contributed by atoms with Crippen LogP contribution in [0, 0.1) is 11.3 Å². The van der Waals surface area contributed by atoms with Crippen LogP contribution in [0.3, 0.4) is 0 Å². The Morgan fingerprint density at radius 1 is 1.15 bits per heavy atom. The van der Waals surface area contributed by atoms with E-state index in [0.717, 1.165) is 17.1 Å². The second-order valence-corrected chi connectivity index (χ2v) is 6.29. The lowest BCUT2D eigenvalue weighted by molar-refractivity contribution is -0.127. The molecule has 2 aliphatic heterocycles. The standard InChI is InChI=1S/C20H18N4O2/c21-13-15-5-6-22-19(11-15)23-7-9-24(10-8-23)20(25)17-12-16-3-1-2-4-18(16)26-14-17/h1-6,11-12H,7-10,14H2. The van der Waals surface area contributed by atoms with E-state index in [2.05, 4.69) is 16.0 Å². The number of pyridine rings is 1. The molecule has 2 aliphatic rings. The topological polar surface area (TPSA) is 69.5 Å². The number of nitrogens with zero attached hydrogens (tertiary/aromatic N) is 4. The van der Waals surface area contributed by atoms with Gasteiger partial charge in [0.1, 0.15) is 18.2 Å². The van der Waals surface area contributed by atoms with Gasteiger partial charge in [-0.2, -0.15) is 5.26 Å². The summed E-state index contributed by atoms with van der Waals surface area (Å²) in [4.78, 5) is 21.1. The molecule has 0 aliphatic carbocycles. The molecular formula is C20H18N4O2. The Morgan fingerprint density at radius 3 is 2.77 bits per heavy atom. The van der Waals surface area contributed by atoms with Gasteiger partial charge in [0, 0.05) is 37.9 Å². The van der Waals surface area contributed by atoms with Gasteiger partial charge in [-0.15, -0.1) is 0 Å². The van der Waals surface area contributed by atoms with Gasteiger partial charge in [-0.3, -0.25) is 4.79 Å². The Labute approximate surface area is 151 Å². The van der Waals surface area contributed by atoms with Crippen LogP contribution in [0.5, 0.6) is 5.75 Å². The van der Waals surface area contributed by atoms with Crippen molar-refractivity contribution in [3.63, 3.8) is 0 Å². The number of benzene rings is 1. The van der Waals surface area contributed by atoms with E-state index in [1.807, 2.05) is 35.2 Å². The lowest BCUT2D eigenvalue weighted by Crippen LogP contribution is -2.49. The van der Waals surface area contributed by atoms with Gasteiger partial charge < -0.3 is 14.5 Å². The third-order valence-electron chi connectivity index (χ3n) is 4.67. The summed E-state index contributed by atoms with van der Waals surface area (Å²) in [6.45, 7) is 2.94. The molecule has 0 atom stereocenters. The van der Waals surface area contributed by atoms with Crippen molar-refractivity contribution in [2.45, 2.75) is 0 Å². The first-order valence-corrected chi connectivity index (χ1v) is 8.57. The maximum absolute atomic E-state index is 12.8. The fourth-order valence-corrected chi connectivity index (χ4v) is 3.24. The molecule has 1 amide bonds. The van der Waals surface area contributed by atoms with Crippen LogP contribution in [0.25, 0.3) is 6.08 Å². The highest BCUT2D eigenvalue weighted by molar-refractivity contribution is 5.99. The summed E-state index contributed by atoms with van der Waals surface area (Å²) in [6, 6.07) is 13.3. The van der Waals surface area contributed by atoms with Gasteiger partial charge in [-0.05, 0) is 24.3 Å². The molecule has 0 bridgehead atoms. The van der Waals surface area contributed by atoms with Crippen LogP contribution in [-0.2, 0) is 4.79 Å². The number of piperazine rings is 1. The zero-order chi connectivity index (χ0) is 17.9. The average Bonchev–Trinajstić information content (AvgIpc) is 2.73. The number of amides is 1.